The molecule has 0 aliphatic carbocycles. The molecule has 20 heavy (non-hydrogen) atoms. The van der Waals surface area contributed by atoms with E-state index in [1.807, 2.05) is 32.3 Å². The molecule has 0 radical (unpaired) electrons. The summed E-state index contributed by atoms with van der Waals surface area (Å²) in [6.45, 7) is 2.65. The lowest BCUT2D eigenvalue weighted by Crippen LogP contribution is -2.43. The Bertz CT molecular complexity index is 413. The second-order valence-corrected chi connectivity index (χ2v) is 5.78. The molecule has 0 saturated carbocycles. The molecule has 0 spiro atoms. The molecule has 0 bridgehead atoms. The zero-order valence-corrected chi connectivity index (χ0v) is 12.4. The maximum Gasteiger partial charge on any atom is 0.224 e. The van der Waals surface area contributed by atoms with Crippen LogP contribution in [-0.2, 0) is 4.79 Å². The van der Waals surface area contributed by atoms with Crippen molar-refractivity contribution in [3.05, 3.63) is 35.9 Å². The van der Waals surface area contributed by atoms with Gasteiger partial charge in [0.05, 0.1) is 12.0 Å². The minimum Gasteiger partial charge on any atom is -0.348 e. The van der Waals surface area contributed by atoms with E-state index in [1.54, 1.807) is 0 Å². The molecule has 0 aromatic heterocycles. The Balaban J connectivity index is 2.01. The molecule has 4 heteroatoms. The summed E-state index contributed by atoms with van der Waals surface area (Å²) < 4.78 is 0. The monoisotopic (exact) mass is 275 g/mol. The van der Waals surface area contributed by atoms with Crippen molar-refractivity contribution in [3.63, 3.8) is 0 Å². The van der Waals surface area contributed by atoms with E-state index in [9.17, 15) is 4.79 Å². The van der Waals surface area contributed by atoms with Crippen LogP contribution in [0.3, 0.4) is 0 Å². The molecule has 1 aliphatic heterocycles. The van der Waals surface area contributed by atoms with Gasteiger partial charge in [0.25, 0.3) is 0 Å². The van der Waals surface area contributed by atoms with Gasteiger partial charge in [-0.25, -0.2) is 0 Å². The number of rotatable bonds is 5. The van der Waals surface area contributed by atoms with Crippen LogP contribution in [0.2, 0.25) is 0 Å². The maximum atomic E-state index is 12.4. The van der Waals surface area contributed by atoms with E-state index >= 15 is 0 Å². The van der Waals surface area contributed by atoms with E-state index in [1.165, 1.54) is 5.56 Å². The standard InChI is InChI=1S/C16H25N3O/c1-19(2)12-15(13-7-4-3-5-8-13)18-16(20)14-9-6-10-17-11-14/h3-5,7-8,14-15,17H,6,9-12H2,1-2H3,(H,18,20)/t14-,15?/m0/s1. The van der Waals surface area contributed by atoms with Crippen molar-refractivity contribution < 1.29 is 4.79 Å². The summed E-state index contributed by atoms with van der Waals surface area (Å²) in [6.07, 6.45) is 2.07. The van der Waals surface area contributed by atoms with E-state index in [0.717, 1.165) is 32.5 Å². The number of carbonyl (C=O) groups excluding carboxylic acids is 1. The normalized spacial score (nSPS) is 20.6. The SMILES string of the molecule is CN(C)CC(NC(=O)[C@H]1CCCNC1)c1ccccc1. The van der Waals surface area contributed by atoms with Gasteiger partial charge in [-0.05, 0) is 39.0 Å². The highest BCUT2D eigenvalue weighted by molar-refractivity contribution is 5.79. The second kappa shape index (κ2) is 7.41. The first kappa shape index (κ1) is 15.0. The van der Waals surface area contributed by atoms with E-state index in [-0.39, 0.29) is 17.9 Å². The molecule has 1 saturated heterocycles. The fourth-order valence-electron chi connectivity index (χ4n) is 2.65. The van der Waals surface area contributed by atoms with Gasteiger partial charge in [-0.2, -0.15) is 0 Å². The molecule has 1 heterocycles. The van der Waals surface area contributed by atoms with Crippen LogP contribution >= 0.6 is 0 Å². The Kier molecular flexibility index (Phi) is 5.56. The first-order valence-corrected chi connectivity index (χ1v) is 7.37. The molecule has 2 N–H and O–H groups in total. The van der Waals surface area contributed by atoms with Crippen molar-refractivity contribution >= 4 is 5.91 Å². The van der Waals surface area contributed by atoms with E-state index in [0.29, 0.717) is 0 Å². The molecule has 1 amide bonds. The number of benzene rings is 1. The summed E-state index contributed by atoms with van der Waals surface area (Å²) in [6, 6.07) is 10.3. The Morgan fingerprint density at radius 1 is 1.40 bits per heavy atom. The maximum absolute atomic E-state index is 12.4. The van der Waals surface area contributed by atoms with Gasteiger partial charge in [0, 0.05) is 13.1 Å². The molecule has 2 atom stereocenters. The van der Waals surface area contributed by atoms with Crippen molar-refractivity contribution in [2.75, 3.05) is 33.7 Å². The third-order valence-corrected chi connectivity index (χ3v) is 3.73. The van der Waals surface area contributed by atoms with Crippen LogP contribution in [0.4, 0.5) is 0 Å². The van der Waals surface area contributed by atoms with Crippen molar-refractivity contribution in [1.29, 1.82) is 0 Å². The van der Waals surface area contributed by atoms with Gasteiger partial charge in [0.15, 0.2) is 0 Å². The minimum atomic E-state index is 0.0561. The number of likely N-dealkylation sites (N-methyl/N-ethyl adjacent to an activating group) is 1. The van der Waals surface area contributed by atoms with Gasteiger partial charge in [0.2, 0.25) is 5.91 Å². The van der Waals surface area contributed by atoms with Crippen LogP contribution in [0.15, 0.2) is 30.3 Å². The Morgan fingerprint density at radius 2 is 2.15 bits per heavy atom. The molecule has 1 fully saturated rings. The lowest BCUT2D eigenvalue weighted by molar-refractivity contribution is -0.126. The van der Waals surface area contributed by atoms with Crippen LogP contribution in [0.5, 0.6) is 0 Å². The number of piperidine rings is 1. The van der Waals surface area contributed by atoms with E-state index in [2.05, 4.69) is 27.7 Å². The Hall–Kier alpha value is -1.39. The van der Waals surface area contributed by atoms with E-state index in [4.69, 9.17) is 0 Å². The van der Waals surface area contributed by atoms with Gasteiger partial charge in [-0.15, -0.1) is 0 Å². The summed E-state index contributed by atoms with van der Waals surface area (Å²) in [7, 11) is 4.06. The quantitative estimate of drug-likeness (QED) is 0.854. The zero-order valence-electron chi connectivity index (χ0n) is 12.4. The molecule has 2 rings (SSSR count). The lowest BCUT2D eigenvalue weighted by Gasteiger charge is -2.27. The van der Waals surface area contributed by atoms with Crippen molar-refractivity contribution in [2.24, 2.45) is 5.92 Å². The van der Waals surface area contributed by atoms with Crippen molar-refractivity contribution in [3.8, 4) is 0 Å². The van der Waals surface area contributed by atoms with Crippen LogP contribution in [0.25, 0.3) is 0 Å². The average Bonchev–Trinajstić information content (AvgIpc) is 2.48. The van der Waals surface area contributed by atoms with Crippen LogP contribution in [-0.4, -0.2) is 44.5 Å². The fraction of sp³-hybridized carbons (Fsp3) is 0.562. The highest BCUT2D eigenvalue weighted by Gasteiger charge is 2.24. The molecule has 1 aromatic carbocycles. The number of nitrogens with zero attached hydrogens (tertiary/aromatic N) is 1. The largest absolute Gasteiger partial charge is 0.348 e. The number of carbonyl (C=O) groups is 1. The molecule has 1 aliphatic rings. The van der Waals surface area contributed by atoms with Gasteiger partial charge in [-0.1, -0.05) is 30.3 Å². The fourth-order valence-corrected chi connectivity index (χ4v) is 2.65. The zero-order chi connectivity index (χ0) is 14.4. The summed E-state index contributed by atoms with van der Waals surface area (Å²) in [4.78, 5) is 14.5. The predicted molar refractivity (Wildman–Crippen MR) is 81.5 cm³/mol. The molecule has 4 nitrogen and oxygen atoms in total. The summed E-state index contributed by atoms with van der Waals surface area (Å²) in [5.41, 5.74) is 1.17. The molecule has 1 unspecified atom stereocenters. The van der Waals surface area contributed by atoms with Crippen LogP contribution < -0.4 is 10.6 Å². The topological polar surface area (TPSA) is 44.4 Å². The van der Waals surface area contributed by atoms with Crippen LogP contribution in [0.1, 0.15) is 24.4 Å². The predicted octanol–water partition coefficient (Wildman–Crippen LogP) is 1.41. The molecular formula is C16H25N3O. The third kappa shape index (κ3) is 4.32. The highest BCUT2D eigenvalue weighted by Crippen LogP contribution is 2.16. The Morgan fingerprint density at radius 3 is 2.75 bits per heavy atom. The molecule has 1 aromatic rings. The molecule has 110 valence electrons. The summed E-state index contributed by atoms with van der Waals surface area (Å²) >= 11 is 0. The second-order valence-electron chi connectivity index (χ2n) is 5.78. The molecular weight excluding hydrogens is 250 g/mol. The van der Waals surface area contributed by atoms with Gasteiger partial charge >= 0.3 is 0 Å². The minimum absolute atomic E-state index is 0.0561. The number of hydrogen-bond acceptors (Lipinski definition) is 3. The van der Waals surface area contributed by atoms with Crippen molar-refractivity contribution in [2.45, 2.75) is 18.9 Å². The van der Waals surface area contributed by atoms with E-state index < -0.39 is 0 Å². The smallest absolute Gasteiger partial charge is 0.224 e. The first-order valence-electron chi connectivity index (χ1n) is 7.37. The number of nitrogens with one attached hydrogen (secondary N) is 2. The first-order chi connectivity index (χ1) is 9.66. The highest BCUT2D eigenvalue weighted by atomic mass is 16.2. The summed E-state index contributed by atoms with van der Waals surface area (Å²) in [5.74, 6) is 0.282. The third-order valence-electron chi connectivity index (χ3n) is 3.73. The van der Waals surface area contributed by atoms with Gasteiger partial charge in [-0.3, -0.25) is 4.79 Å². The number of hydrogen-bond donors (Lipinski definition) is 2. The van der Waals surface area contributed by atoms with Crippen molar-refractivity contribution in [1.82, 2.24) is 15.5 Å². The van der Waals surface area contributed by atoms with Gasteiger partial charge < -0.3 is 15.5 Å². The lowest BCUT2D eigenvalue weighted by atomic mass is 9.97. The Labute approximate surface area is 121 Å². The number of amides is 1. The van der Waals surface area contributed by atoms with Gasteiger partial charge in [0.1, 0.15) is 0 Å². The average molecular weight is 275 g/mol. The summed E-state index contributed by atoms with van der Waals surface area (Å²) in [5, 5.41) is 6.51. The van der Waals surface area contributed by atoms with Crippen LogP contribution in [0, 0.1) is 5.92 Å².